The van der Waals surface area contributed by atoms with Crippen molar-refractivity contribution in [2.75, 3.05) is 12.3 Å². The highest BCUT2D eigenvalue weighted by atomic mass is 32.2. The average Bonchev–Trinajstić information content (AvgIpc) is 2.24. The van der Waals surface area contributed by atoms with Crippen LogP contribution in [-0.4, -0.2) is 38.2 Å². The molecule has 0 bridgehead atoms. The normalized spacial score (nSPS) is 21.3. The number of hydrogen-bond donors (Lipinski definition) is 3. The molecule has 6 nitrogen and oxygen atoms in total. The van der Waals surface area contributed by atoms with Crippen molar-refractivity contribution in [2.24, 2.45) is 5.73 Å². The molecule has 1 rings (SSSR count). The number of rotatable bonds is 7. The molecule has 0 radical (unpaired) electrons. The second-order valence-corrected chi connectivity index (χ2v) is 7.73. The number of carbonyl (C=O) groups excluding carboxylic acids is 1. The Morgan fingerprint density at radius 2 is 2.11 bits per heavy atom. The molecule has 19 heavy (non-hydrogen) atoms. The van der Waals surface area contributed by atoms with E-state index < -0.39 is 21.5 Å². The van der Waals surface area contributed by atoms with E-state index >= 15 is 0 Å². The van der Waals surface area contributed by atoms with Crippen LogP contribution in [0.25, 0.3) is 0 Å². The van der Waals surface area contributed by atoms with E-state index in [1.165, 1.54) is 0 Å². The lowest BCUT2D eigenvalue weighted by molar-refractivity contribution is -0.119. The zero-order chi connectivity index (χ0) is 14.5. The minimum Gasteiger partial charge on any atom is -0.370 e. The van der Waals surface area contributed by atoms with Gasteiger partial charge < -0.3 is 11.1 Å². The van der Waals surface area contributed by atoms with Gasteiger partial charge >= 0.3 is 0 Å². The molecule has 1 saturated heterocycles. The topological polar surface area (TPSA) is 101 Å². The fourth-order valence-electron chi connectivity index (χ4n) is 2.41. The lowest BCUT2D eigenvalue weighted by atomic mass is 10.0. The molecule has 112 valence electrons. The van der Waals surface area contributed by atoms with Gasteiger partial charge in [-0.2, -0.15) is 0 Å². The molecular formula is C12H25N3O3S. The van der Waals surface area contributed by atoms with E-state index in [0.29, 0.717) is 6.42 Å². The molecule has 1 fully saturated rings. The van der Waals surface area contributed by atoms with Gasteiger partial charge in [-0.25, -0.2) is 13.1 Å². The summed E-state index contributed by atoms with van der Waals surface area (Å²) in [7, 11) is -3.38. The van der Waals surface area contributed by atoms with Gasteiger partial charge in [-0.05, 0) is 39.7 Å². The van der Waals surface area contributed by atoms with Gasteiger partial charge in [-0.3, -0.25) is 4.79 Å². The Morgan fingerprint density at radius 3 is 2.63 bits per heavy atom. The smallest absolute Gasteiger partial charge is 0.219 e. The molecule has 0 saturated carbocycles. The van der Waals surface area contributed by atoms with Gasteiger partial charge in [-0.15, -0.1) is 0 Å². The van der Waals surface area contributed by atoms with Crippen molar-refractivity contribution in [1.82, 2.24) is 10.0 Å². The van der Waals surface area contributed by atoms with Crippen molar-refractivity contribution in [3.63, 3.8) is 0 Å². The molecule has 1 aliphatic heterocycles. The van der Waals surface area contributed by atoms with Crippen LogP contribution >= 0.6 is 0 Å². The number of sulfonamides is 1. The third-order valence-corrected chi connectivity index (χ3v) is 4.83. The molecule has 1 heterocycles. The van der Waals surface area contributed by atoms with Crippen LogP contribution in [0.2, 0.25) is 0 Å². The Balaban J connectivity index is 2.44. The molecule has 0 aromatic carbocycles. The van der Waals surface area contributed by atoms with Crippen LogP contribution in [-0.2, 0) is 14.8 Å². The second kappa shape index (κ2) is 6.67. The van der Waals surface area contributed by atoms with Crippen molar-refractivity contribution in [3.05, 3.63) is 0 Å². The highest BCUT2D eigenvalue weighted by Crippen LogP contribution is 2.13. The quantitative estimate of drug-likeness (QED) is 0.619. The van der Waals surface area contributed by atoms with Crippen LogP contribution in [0.1, 0.15) is 46.0 Å². The maximum Gasteiger partial charge on any atom is 0.219 e. The molecule has 0 aliphatic carbocycles. The largest absolute Gasteiger partial charge is 0.370 e. The van der Waals surface area contributed by atoms with E-state index in [9.17, 15) is 13.2 Å². The first-order valence-corrected chi connectivity index (χ1v) is 8.39. The molecule has 7 heteroatoms. The first-order chi connectivity index (χ1) is 8.70. The minimum atomic E-state index is -3.38. The monoisotopic (exact) mass is 291 g/mol. The Hall–Kier alpha value is -0.660. The van der Waals surface area contributed by atoms with E-state index in [2.05, 4.69) is 10.0 Å². The SMILES string of the molecule is CC(C)(CC(N)=O)NS(=O)(=O)CCC1CCCCN1. The van der Waals surface area contributed by atoms with Gasteiger partial charge in [0.25, 0.3) is 0 Å². The second-order valence-electron chi connectivity index (χ2n) is 5.88. The van der Waals surface area contributed by atoms with Gasteiger partial charge in [0.2, 0.25) is 15.9 Å². The third kappa shape index (κ3) is 6.89. The van der Waals surface area contributed by atoms with Crippen molar-refractivity contribution >= 4 is 15.9 Å². The Kier molecular flexibility index (Phi) is 5.76. The summed E-state index contributed by atoms with van der Waals surface area (Å²) in [6, 6.07) is 0.282. The van der Waals surface area contributed by atoms with Crippen molar-refractivity contribution in [1.29, 1.82) is 0 Å². The molecule has 1 unspecified atom stereocenters. The fourth-order valence-corrected chi connectivity index (χ4v) is 4.02. The van der Waals surface area contributed by atoms with Crippen LogP contribution in [0.4, 0.5) is 0 Å². The molecule has 1 aliphatic rings. The summed E-state index contributed by atoms with van der Waals surface area (Å²) in [5, 5.41) is 3.32. The van der Waals surface area contributed by atoms with E-state index in [0.717, 1.165) is 25.8 Å². The van der Waals surface area contributed by atoms with Gasteiger partial charge in [0, 0.05) is 18.0 Å². The lowest BCUT2D eigenvalue weighted by Gasteiger charge is -2.26. The van der Waals surface area contributed by atoms with Crippen molar-refractivity contribution in [2.45, 2.75) is 57.5 Å². The maximum absolute atomic E-state index is 12.0. The van der Waals surface area contributed by atoms with Gasteiger partial charge in [0.1, 0.15) is 0 Å². The molecule has 1 amide bonds. The maximum atomic E-state index is 12.0. The van der Waals surface area contributed by atoms with Gasteiger partial charge in [0.15, 0.2) is 0 Å². The fraction of sp³-hybridized carbons (Fsp3) is 0.917. The summed E-state index contributed by atoms with van der Waals surface area (Å²) in [6.07, 6.45) is 3.93. The lowest BCUT2D eigenvalue weighted by Crippen LogP contribution is -2.47. The Morgan fingerprint density at radius 1 is 1.42 bits per heavy atom. The highest BCUT2D eigenvalue weighted by molar-refractivity contribution is 7.89. The molecular weight excluding hydrogens is 266 g/mol. The molecule has 0 spiro atoms. The summed E-state index contributed by atoms with van der Waals surface area (Å²) < 4.78 is 26.5. The minimum absolute atomic E-state index is 0.00604. The number of nitrogens with one attached hydrogen (secondary N) is 2. The van der Waals surface area contributed by atoms with Crippen LogP contribution < -0.4 is 15.8 Å². The molecule has 0 aromatic heterocycles. The zero-order valence-electron chi connectivity index (χ0n) is 11.7. The third-order valence-electron chi connectivity index (χ3n) is 3.20. The number of hydrogen-bond acceptors (Lipinski definition) is 4. The predicted molar refractivity (Wildman–Crippen MR) is 75.1 cm³/mol. The molecule has 4 N–H and O–H groups in total. The van der Waals surface area contributed by atoms with E-state index in [1.807, 2.05) is 0 Å². The number of amides is 1. The van der Waals surface area contributed by atoms with E-state index in [-0.39, 0.29) is 18.2 Å². The number of primary amides is 1. The summed E-state index contributed by atoms with van der Waals surface area (Å²) in [5.41, 5.74) is 4.28. The zero-order valence-corrected chi connectivity index (χ0v) is 12.6. The van der Waals surface area contributed by atoms with Crippen LogP contribution in [0.5, 0.6) is 0 Å². The predicted octanol–water partition coefficient (Wildman–Crippen LogP) is 0.0920. The highest BCUT2D eigenvalue weighted by Gasteiger charge is 2.27. The number of piperidine rings is 1. The van der Waals surface area contributed by atoms with Crippen molar-refractivity contribution < 1.29 is 13.2 Å². The summed E-state index contributed by atoms with van der Waals surface area (Å²) in [5.74, 6) is -0.436. The number of nitrogens with two attached hydrogens (primary N) is 1. The van der Waals surface area contributed by atoms with E-state index in [1.54, 1.807) is 13.8 Å². The first kappa shape index (κ1) is 16.4. The first-order valence-electron chi connectivity index (χ1n) is 6.73. The molecule has 1 atom stereocenters. The van der Waals surface area contributed by atoms with Crippen LogP contribution in [0.15, 0.2) is 0 Å². The van der Waals surface area contributed by atoms with Crippen molar-refractivity contribution in [3.8, 4) is 0 Å². The number of carbonyl (C=O) groups is 1. The van der Waals surface area contributed by atoms with Crippen LogP contribution in [0, 0.1) is 0 Å². The summed E-state index contributed by atoms with van der Waals surface area (Å²) in [6.45, 7) is 4.29. The summed E-state index contributed by atoms with van der Waals surface area (Å²) >= 11 is 0. The average molecular weight is 291 g/mol. The molecule has 0 aromatic rings. The Bertz CT molecular complexity index is 400. The standard InChI is InChI=1S/C12H25N3O3S/c1-12(2,9-11(13)16)15-19(17,18)8-6-10-5-3-4-7-14-10/h10,14-15H,3-9H2,1-2H3,(H2,13,16). The van der Waals surface area contributed by atoms with E-state index in [4.69, 9.17) is 5.73 Å². The van der Waals surface area contributed by atoms with Gasteiger partial charge in [-0.1, -0.05) is 6.42 Å². The van der Waals surface area contributed by atoms with Crippen LogP contribution in [0.3, 0.4) is 0 Å². The van der Waals surface area contributed by atoms with Gasteiger partial charge in [0.05, 0.1) is 5.75 Å². The summed E-state index contributed by atoms with van der Waals surface area (Å²) in [4.78, 5) is 10.9. The Labute approximate surface area is 115 Å².